The average Bonchev–Trinajstić information content (AvgIpc) is 2.82. The number of anilines is 4. The van der Waals surface area contributed by atoms with Gasteiger partial charge in [0.1, 0.15) is 6.20 Å². The quantitative estimate of drug-likeness (QED) is 0.259. The highest BCUT2D eigenvalue weighted by atomic mass is 35.5. The van der Waals surface area contributed by atoms with E-state index in [0.717, 1.165) is 11.3 Å². The molecule has 0 bridgehead atoms. The van der Waals surface area contributed by atoms with Crippen molar-refractivity contribution in [1.29, 1.82) is 0 Å². The van der Waals surface area contributed by atoms with Crippen molar-refractivity contribution < 1.29 is 14.9 Å². The largest absolute Gasteiger partial charge is 0.349 e. The second-order valence-corrected chi connectivity index (χ2v) is 11.0. The van der Waals surface area contributed by atoms with Crippen LogP contribution in [0.3, 0.4) is 0 Å². The molecule has 2 heterocycles. The summed E-state index contributed by atoms with van der Waals surface area (Å²) < 4.78 is 0. The Morgan fingerprint density at radius 2 is 1.71 bits per heavy atom. The summed E-state index contributed by atoms with van der Waals surface area (Å²) in [5.74, 6) is -0.0982. The maximum atomic E-state index is 12.9. The number of nitrogens with one attached hydrogen (secondary N) is 3. The molecule has 1 amide bonds. The van der Waals surface area contributed by atoms with E-state index < -0.39 is 16.0 Å². The summed E-state index contributed by atoms with van der Waals surface area (Å²) >= 11 is 6.01. The summed E-state index contributed by atoms with van der Waals surface area (Å²) in [5.41, 5.74) is 0.122. The van der Waals surface area contributed by atoms with Gasteiger partial charge in [0.2, 0.25) is 11.8 Å². The zero-order valence-electron chi connectivity index (χ0n) is 21.5. The summed E-state index contributed by atoms with van der Waals surface area (Å²) in [4.78, 5) is 32.1. The van der Waals surface area contributed by atoms with E-state index in [4.69, 9.17) is 11.6 Å². The van der Waals surface area contributed by atoms with Crippen LogP contribution in [0.15, 0.2) is 54.7 Å². The van der Waals surface area contributed by atoms with Crippen LogP contribution in [-0.2, 0) is 5.21 Å². The number of hydroxylamine groups is 2. The predicted molar refractivity (Wildman–Crippen MR) is 144 cm³/mol. The van der Waals surface area contributed by atoms with Gasteiger partial charge in [0.15, 0.2) is 0 Å². The lowest BCUT2D eigenvalue weighted by atomic mass is 9.79. The molecular formula is C26H29ClN7O4. The highest BCUT2D eigenvalue weighted by Crippen LogP contribution is 2.37. The van der Waals surface area contributed by atoms with Gasteiger partial charge in [-0.2, -0.15) is 4.98 Å². The van der Waals surface area contributed by atoms with Crippen molar-refractivity contribution in [2.24, 2.45) is 0 Å². The molecule has 1 aliphatic rings. The second kappa shape index (κ2) is 10.5. The van der Waals surface area contributed by atoms with Crippen molar-refractivity contribution in [3.05, 3.63) is 75.4 Å². The molecule has 0 atom stereocenters. The summed E-state index contributed by atoms with van der Waals surface area (Å²) in [5, 5.41) is 34.6. The highest BCUT2D eigenvalue weighted by Gasteiger charge is 2.46. The Morgan fingerprint density at radius 1 is 1.05 bits per heavy atom. The van der Waals surface area contributed by atoms with Gasteiger partial charge >= 0.3 is 5.69 Å². The van der Waals surface area contributed by atoms with Gasteiger partial charge in [0.05, 0.1) is 4.92 Å². The fraction of sp³-hybridized carbons (Fsp3) is 0.346. The number of halogens is 1. The third-order valence-corrected chi connectivity index (χ3v) is 6.62. The minimum absolute atomic E-state index is 0.000685. The van der Waals surface area contributed by atoms with Crippen molar-refractivity contribution in [2.75, 3.05) is 10.6 Å². The zero-order valence-corrected chi connectivity index (χ0v) is 22.2. The number of piperidine rings is 1. The van der Waals surface area contributed by atoms with Crippen LogP contribution < -0.4 is 16.0 Å². The molecule has 4 rings (SSSR count). The molecule has 1 aliphatic heterocycles. The minimum atomic E-state index is -0.585. The van der Waals surface area contributed by atoms with Gasteiger partial charge in [-0.05, 0) is 83.0 Å². The number of nitrogens with zero attached hydrogens (tertiary/aromatic N) is 4. The Balaban J connectivity index is 1.45. The van der Waals surface area contributed by atoms with Gasteiger partial charge in [-0.15, -0.1) is 10.3 Å². The van der Waals surface area contributed by atoms with E-state index in [0.29, 0.717) is 34.8 Å². The molecule has 3 N–H and O–H groups in total. The molecule has 0 unspecified atom stereocenters. The maximum absolute atomic E-state index is 12.9. The van der Waals surface area contributed by atoms with E-state index in [1.54, 1.807) is 48.5 Å². The average molecular weight is 539 g/mol. The molecule has 11 nitrogen and oxygen atoms in total. The molecule has 0 saturated carbocycles. The molecule has 199 valence electrons. The standard InChI is InChI=1S/C26H29ClN7O4/c1-25(2)13-20(14-26(3,4)34(25)38)30-23(35)16-8-10-18(11-9-16)31-24-28-15-21(33(36)37)22(32-24)29-19-7-5-6-17(27)12-19/h5-12,15,20H,13-14H2,1-4H3,(H,30,35)(H2,28,29,31,32). The molecule has 0 spiro atoms. The van der Waals surface area contributed by atoms with Crippen molar-refractivity contribution >= 4 is 46.3 Å². The van der Waals surface area contributed by atoms with Gasteiger partial charge in [-0.25, -0.2) is 4.98 Å². The van der Waals surface area contributed by atoms with Gasteiger partial charge in [-0.1, -0.05) is 17.7 Å². The number of carbonyl (C=O) groups is 1. The Bertz CT molecular complexity index is 1330. The van der Waals surface area contributed by atoms with Crippen LogP contribution in [0.2, 0.25) is 5.02 Å². The Kier molecular flexibility index (Phi) is 7.54. The number of rotatable bonds is 7. The van der Waals surface area contributed by atoms with Gasteiger partial charge in [-0.3, -0.25) is 14.9 Å². The molecule has 0 aliphatic carbocycles. The molecule has 3 aromatic rings. The zero-order chi connectivity index (χ0) is 27.7. The fourth-order valence-corrected chi connectivity index (χ4v) is 5.02. The number of carbonyl (C=O) groups excluding carboxylic acids is 1. The lowest BCUT2D eigenvalue weighted by molar-refractivity contribution is -0.384. The maximum Gasteiger partial charge on any atom is 0.329 e. The molecule has 38 heavy (non-hydrogen) atoms. The molecule has 1 radical (unpaired) electrons. The van der Waals surface area contributed by atoms with E-state index in [2.05, 4.69) is 25.9 Å². The molecule has 2 aromatic carbocycles. The Hall–Kier alpha value is -3.80. The smallest absolute Gasteiger partial charge is 0.329 e. The van der Waals surface area contributed by atoms with Gasteiger partial charge in [0.25, 0.3) is 5.91 Å². The van der Waals surface area contributed by atoms with Crippen LogP contribution in [0.1, 0.15) is 50.9 Å². The number of aromatic nitrogens is 2. The normalized spacial score (nSPS) is 17.0. The van der Waals surface area contributed by atoms with E-state index >= 15 is 0 Å². The number of hydrogen-bond donors (Lipinski definition) is 3. The lowest BCUT2D eigenvalue weighted by Crippen LogP contribution is -2.62. The number of amides is 1. The van der Waals surface area contributed by atoms with Crippen LogP contribution in [0.5, 0.6) is 0 Å². The first-order chi connectivity index (χ1) is 17.8. The first-order valence-corrected chi connectivity index (χ1v) is 12.4. The van der Waals surface area contributed by atoms with Crippen molar-refractivity contribution in [1.82, 2.24) is 20.3 Å². The van der Waals surface area contributed by atoms with Gasteiger partial charge in [0, 0.05) is 39.1 Å². The molecule has 1 aromatic heterocycles. The number of benzene rings is 2. The monoisotopic (exact) mass is 538 g/mol. The lowest BCUT2D eigenvalue weighted by Gasteiger charge is -2.50. The van der Waals surface area contributed by atoms with Crippen LogP contribution >= 0.6 is 11.6 Å². The number of nitro groups is 1. The van der Waals surface area contributed by atoms with Crippen LogP contribution in [0, 0.1) is 10.1 Å². The molecule has 1 fully saturated rings. The molecule has 1 saturated heterocycles. The fourth-order valence-electron chi connectivity index (χ4n) is 4.83. The van der Waals surface area contributed by atoms with E-state index in [-0.39, 0.29) is 29.4 Å². The third-order valence-electron chi connectivity index (χ3n) is 6.38. The second-order valence-electron chi connectivity index (χ2n) is 10.5. The minimum Gasteiger partial charge on any atom is -0.349 e. The van der Waals surface area contributed by atoms with Crippen LogP contribution in [0.4, 0.5) is 28.8 Å². The topological polar surface area (TPSA) is 145 Å². The Labute approximate surface area is 225 Å². The summed E-state index contributed by atoms with van der Waals surface area (Å²) in [7, 11) is 0. The third kappa shape index (κ3) is 6.18. The van der Waals surface area contributed by atoms with Crippen molar-refractivity contribution in [3.8, 4) is 0 Å². The van der Waals surface area contributed by atoms with Gasteiger partial charge < -0.3 is 16.0 Å². The Morgan fingerprint density at radius 3 is 2.32 bits per heavy atom. The molecular weight excluding hydrogens is 510 g/mol. The number of hydrogen-bond acceptors (Lipinski definition) is 8. The van der Waals surface area contributed by atoms with E-state index in [1.165, 1.54) is 0 Å². The first kappa shape index (κ1) is 27.2. The van der Waals surface area contributed by atoms with Crippen molar-refractivity contribution in [2.45, 2.75) is 57.7 Å². The predicted octanol–water partition coefficient (Wildman–Crippen LogP) is 5.62. The molecule has 12 heteroatoms. The highest BCUT2D eigenvalue weighted by molar-refractivity contribution is 6.30. The summed E-state index contributed by atoms with van der Waals surface area (Å²) in [6.07, 6.45) is 2.21. The van der Waals surface area contributed by atoms with E-state index in [1.807, 2.05) is 27.7 Å². The van der Waals surface area contributed by atoms with Crippen LogP contribution in [0.25, 0.3) is 0 Å². The van der Waals surface area contributed by atoms with Crippen LogP contribution in [-0.4, -0.2) is 43.0 Å². The first-order valence-electron chi connectivity index (χ1n) is 12.0. The SMILES string of the molecule is CC1(C)CC(NC(=O)c2ccc(Nc3ncc([N+](=O)[O-])c(Nc4cccc(Cl)c4)n3)cc2)CC(C)(C)N1[O]. The summed E-state index contributed by atoms with van der Waals surface area (Å²) in [6.45, 7) is 7.54. The summed E-state index contributed by atoms with van der Waals surface area (Å²) in [6, 6.07) is 13.3. The van der Waals surface area contributed by atoms with Crippen molar-refractivity contribution in [3.63, 3.8) is 0 Å². The van der Waals surface area contributed by atoms with E-state index in [9.17, 15) is 20.1 Å².